The number of carbonyl (C=O) groups excluding carboxylic acids is 1. The lowest BCUT2D eigenvalue weighted by Gasteiger charge is -2.28. The molecule has 124 valence electrons. The highest BCUT2D eigenvalue weighted by molar-refractivity contribution is 5.79. The molecule has 4 heteroatoms. The SMILES string of the molecule is CCN(C(=O)Cc1cccc(OC)c1)C(C)c1ccc(C#N)cc1. The molecule has 0 radical (unpaired) electrons. The molecular weight excluding hydrogens is 300 g/mol. The lowest BCUT2D eigenvalue weighted by atomic mass is 10.0. The van der Waals surface area contributed by atoms with Crippen LogP contribution in [0, 0.1) is 11.3 Å². The van der Waals surface area contributed by atoms with Gasteiger partial charge in [0.2, 0.25) is 5.91 Å². The number of benzene rings is 2. The molecule has 4 nitrogen and oxygen atoms in total. The Kier molecular flexibility index (Phi) is 5.97. The van der Waals surface area contributed by atoms with Gasteiger partial charge < -0.3 is 9.64 Å². The van der Waals surface area contributed by atoms with Crippen molar-refractivity contribution in [1.82, 2.24) is 4.90 Å². The van der Waals surface area contributed by atoms with Crippen molar-refractivity contribution in [1.29, 1.82) is 5.26 Å². The van der Waals surface area contributed by atoms with Crippen molar-refractivity contribution in [2.45, 2.75) is 26.3 Å². The predicted molar refractivity (Wildman–Crippen MR) is 93.7 cm³/mol. The molecule has 0 N–H and O–H groups in total. The van der Waals surface area contributed by atoms with Crippen LogP contribution < -0.4 is 4.74 Å². The van der Waals surface area contributed by atoms with Crippen molar-refractivity contribution < 1.29 is 9.53 Å². The Morgan fingerprint density at radius 1 is 1.25 bits per heavy atom. The maximum atomic E-state index is 12.7. The van der Waals surface area contributed by atoms with Gasteiger partial charge in [-0.05, 0) is 49.2 Å². The van der Waals surface area contributed by atoms with Crippen molar-refractivity contribution in [3.8, 4) is 11.8 Å². The number of likely N-dealkylation sites (N-methyl/N-ethyl adjacent to an activating group) is 1. The molecule has 0 saturated carbocycles. The highest BCUT2D eigenvalue weighted by Crippen LogP contribution is 2.22. The van der Waals surface area contributed by atoms with Gasteiger partial charge in [0.05, 0.1) is 31.2 Å². The van der Waals surface area contributed by atoms with Crippen LogP contribution >= 0.6 is 0 Å². The van der Waals surface area contributed by atoms with Crippen LogP contribution in [-0.4, -0.2) is 24.5 Å². The Bertz CT molecular complexity index is 732. The van der Waals surface area contributed by atoms with Gasteiger partial charge in [-0.1, -0.05) is 24.3 Å². The standard InChI is InChI=1S/C20H22N2O2/c1-4-22(15(2)18-10-8-16(14-21)9-11-18)20(23)13-17-6-5-7-19(12-17)24-3/h5-12,15H,4,13H2,1-3H3. The van der Waals surface area contributed by atoms with E-state index in [9.17, 15) is 4.79 Å². The Balaban J connectivity index is 2.13. The van der Waals surface area contributed by atoms with Crippen molar-refractivity contribution in [2.75, 3.05) is 13.7 Å². The van der Waals surface area contributed by atoms with E-state index in [1.807, 2.05) is 55.1 Å². The lowest BCUT2D eigenvalue weighted by Crippen LogP contribution is -2.34. The van der Waals surface area contributed by atoms with Crippen molar-refractivity contribution >= 4 is 5.91 Å². The third-order valence-corrected chi connectivity index (χ3v) is 4.14. The summed E-state index contributed by atoms with van der Waals surface area (Å²) in [6, 6.07) is 17.0. The van der Waals surface area contributed by atoms with Crippen LogP contribution in [0.25, 0.3) is 0 Å². The number of hydrogen-bond donors (Lipinski definition) is 0. The number of methoxy groups -OCH3 is 1. The molecule has 24 heavy (non-hydrogen) atoms. The molecule has 0 spiro atoms. The summed E-state index contributed by atoms with van der Waals surface area (Å²) in [5.41, 5.74) is 2.58. The molecule has 0 aliphatic carbocycles. The molecule has 2 aromatic carbocycles. The normalized spacial score (nSPS) is 11.4. The number of amides is 1. The summed E-state index contributed by atoms with van der Waals surface area (Å²) in [5.74, 6) is 0.825. The first-order valence-corrected chi connectivity index (χ1v) is 8.01. The van der Waals surface area contributed by atoms with Crippen LogP contribution in [0.4, 0.5) is 0 Å². The lowest BCUT2D eigenvalue weighted by molar-refractivity contribution is -0.132. The summed E-state index contributed by atoms with van der Waals surface area (Å²) >= 11 is 0. The molecule has 0 fully saturated rings. The third kappa shape index (κ3) is 4.14. The van der Waals surface area contributed by atoms with E-state index in [-0.39, 0.29) is 11.9 Å². The molecule has 2 aromatic rings. The van der Waals surface area contributed by atoms with Crippen LogP contribution in [0.1, 0.15) is 36.6 Å². The molecule has 0 aliphatic rings. The number of rotatable bonds is 6. The van der Waals surface area contributed by atoms with E-state index in [1.165, 1.54) is 0 Å². The van der Waals surface area contributed by atoms with Crippen molar-refractivity contribution in [3.63, 3.8) is 0 Å². The molecule has 1 amide bonds. The van der Waals surface area contributed by atoms with Gasteiger partial charge in [-0.25, -0.2) is 0 Å². The van der Waals surface area contributed by atoms with E-state index in [0.29, 0.717) is 18.5 Å². The van der Waals surface area contributed by atoms with Crippen LogP contribution in [0.5, 0.6) is 5.75 Å². The van der Waals surface area contributed by atoms with Gasteiger partial charge in [0.25, 0.3) is 0 Å². The first-order chi connectivity index (χ1) is 11.6. The number of carbonyl (C=O) groups is 1. The summed E-state index contributed by atoms with van der Waals surface area (Å²) in [5, 5.41) is 8.89. The quantitative estimate of drug-likeness (QED) is 0.814. The van der Waals surface area contributed by atoms with E-state index >= 15 is 0 Å². The molecule has 0 bridgehead atoms. The minimum absolute atomic E-state index is 0.0409. The van der Waals surface area contributed by atoms with Crippen LogP contribution in [0.2, 0.25) is 0 Å². The zero-order valence-corrected chi connectivity index (χ0v) is 14.3. The monoisotopic (exact) mass is 322 g/mol. The van der Waals surface area contributed by atoms with E-state index in [0.717, 1.165) is 16.9 Å². The van der Waals surface area contributed by atoms with Gasteiger partial charge in [-0.15, -0.1) is 0 Å². The number of nitriles is 1. The molecule has 0 saturated heterocycles. The van der Waals surface area contributed by atoms with Crippen LogP contribution in [-0.2, 0) is 11.2 Å². The van der Waals surface area contributed by atoms with Gasteiger partial charge in [-0.3, -0.25) is 4.79 Å². The average molecular weight is 322 g/mol. The molecule has 0 aromatic heterocycles. The Hall–Kier alpha value is -2.80. The predicted octanol–water partition coefficient (Wildman–Crippen LogP) is 3.72. The van der Waals surface area contributed by atoms with Crippen molar-refractivity contribution in [3.05, 3.63) is 65.2 Å². The van der Waals surface area contributed by atoms with Gasteiger partial charge in [0.1, 0.15) is 5.75 Å². The second kappa shape index (κ2) is 8.16. The molecule has 2 rings (SSSR count). The van der Waals surface area contributed by atoms with E-state index in [4.69, 9.17) is 10.00 Å². The second-order valence-electron chi connectivity index (χ2n) is 5.62. The highest BCUT2D eigenvalue weighted by Gasteiger charge is 2.20. The third-order valence-electron chi connectivity index (χ3n) is 4.14. The average Bonchev–Trinajstić information content (AvgIpc) is 2.62. The van der Waals surface area contributed by atoms with Crippen LogP contribution in [0.3, 0.4) is 0 Å². The Labute approximate surface area is 143 Å². The Morgan fingerprint density at radius 2 is 1.96 bits per heavy atom. The smallest absolute Gasteiger partial charge is 0.227 e. The largest absolute Gasteiger partial charge is 0.497 e. The Morgan fingerprint density at radius 3 is 2.54 bits per heavy atom. The molecule has 1 atom stereocenters. The fraction of sp³-hybridized carbons (Fsp3) is 0.300. The highest BCUT2D eigenvalue weighted by atomic mass is 16.5. The molecule has 0 aliphatic heterocycles. The first kappa shape index (κ1) is 17.6. The summed E-state index contributed by atoms with van der Waals surface area (Å²) < 4.78 is 5.21. The number of ether oxygens (including phenoxy) is 1. The van der Waals surface area contributed by atoms with Gasteiger partial charge in [0.15, 0.2) is 0 Å². The van der Waals surface area contributed by atoms with Gasteiger partial charge in [0, 0.05) is 6.54 Å². The summed E-state index contributed by atoms with van der Waals surface area (Å²) in [6.45, 7) is 4.61. The zero-order valence-electron chi connectivity index (χ0n) is 14.3. The fourth-order valence-electron chi connectivity index (χ4n) is 2.74. The van der Waals surface area contributed by atoms with Gasteiger partial charge >= 0.3 is 0 Å². The molecule has 1 unspecified atom stereocenters. The molecule has 0 heterocycles. The van der Waals surface area contributed by atoms with E-state index in [2.05, 4.69) is 6.07 Å². The van der Waals surface area contributed by atoms with E-state index in [1.54, 1.807) is 19.2 Å². The summed E-state index contributed by atoms with van der Waals surface area (Å²) in [6.07, 6.45) is 0.339. The zero-order chi connectivity index (χ0) is 17.5. The number of nitrogens with zero attached hydrogens (tertiary/aromatic N) is 2. The fourth-order valence-corrected chi connectivity index (χ4v) is 2.74. The van der Waals surface area contributed by atoms with Crippen LogP contribution in [0.15, 0.2) is 48.5 Å². The second-order valence-corrected chi connectivity index (χ2v) is 5.62. The topological polar surface area (TPSA) is 53.3 Å². The minimum atomic E-state index is -0.0409. The first-order valence-electron chi connectivity index (χ1n) is 8.01. The maximum absolute atomic E-state index is 12.7. The van der Waals surface area contributed by atoms with Crippen molar-refractivity contribution in [2.24, 2.45) is 0 Å². The minimum Gasteiger partial charge on any atom is -0.497 e. The van der Waals surface area contributed by atoms with E-state index < -0.39 is 0 Å². The maximum Gasteiger partial charge on any atom is 0.227 e. The summed E-state index contributed by atoms with van der Waals surface area (Å²) in [4.78, 5) is 14.6. The summed E-state index contributed by atoms with van der Waals surface area (Å²) in [7, 11) is 1.62. The van der Waals surface area contributed by atoms with Gasteiger partial charge in [-0.2, -0.15) is 5.26 Å². The molecular formula is C20H22N2O2. The number of hydrogen-bond acceptors (Lipinski definition) is 3.